The van der Waals surface area contributed by atoms with Crippen molar-refractivity contribution in [2.24, 2.45) is 46.3 Å². The van der Waals surface area contributed by atoms with Crippen LogP contribution in [0.2, 0.25) is 0 Å². The number of esters is 1. The summed E-state index contributed by atoms with van der Waals surface area (Å²) in [6.45, 7) is 7.07. The van der Waals surface area contributed by atoms with Gasteiger partial charge in [-0.1, -0.05) is 20.8 Å². The van der Waals surface area contributed by atoms with Gasteiger partial charge in [-0.2, -0.15) is 0 Å². The lowest BCUT2D eigenvalue weighted by Crippen LogP contribution is -2.58. The van der Waals surface area contributed by atoms with Crippen molar-refractivity contribution in [3.63, 3.8) is 0 Å². The van der Waals surface area contributed by atoms with E-state index in [0.717, 1.165) is 32.1 Å². The van der Waals surface area contributed by atoms with Crippen molar-refractivity contribution in [3.05, 3.63) is 0 Å². The van der Waals surface area contributed by atoms with Gasteiger partial charge in [-0.05, 0) is 91.3 Å². The number of hydrogen-bond donors (Lipinski definition) is 2. The van der Waals surface area contributed by atoms with Crippen molar-refractivity contribution >= 4 is 17.7 Å². The number of carbonyl (C=O) groups is 3. The number of hydrogen-bond acceptors (Lipinski definition) is 5. The van der Waals surface area contributed by atoms with Crippen LogP contribution in [0.1, 0.15) is 85.0 Å². The molecule has 0 aromatic carbocycles. The van der Waals surface area contributed by atoms with Crippen LogP contribution in [-0.2, 0) is 19.1 Å². The van der Waals surface area contributed by atoms with Gasteiger partial charge in [0.2, 0.25) is 5.91 Å². The minimum Gasteiger partial charge on any atom is -0.468 e. The Kier molecular flexibility index (Phi) is 6.97. The minimum atomic E-state index is -0.427. The molecule has 4 saturated carbocycles. The molecule has 1 amide bonds. The third-order valence-electron chi connectivity index (χ3n) is 10.7. The van der Waals surface area contributed by atoms with Crippen molar-refractivity contribution in [1.29, 1.82) is 0 Å². The van der Waals surface area contributed by atoms with Gasteiger partial charge >= 0.3 is 5.97 Å². The molecule has 4 fully saturated rings. The number of fused-ring (bicyclic) bond motifs is 5. The molecule has 0 bridgehead atoms. The zero-order valence-electron chi connectivity index (χ0n) is 20.9. The molecule has 0 aromatic heterocycles. The lowest BCUT2D eigenvalue weighted by atomic mass is 9.44. The summed E-state index contributed by atoms with van der Waals surface area (Å²) in [7, 11) is 1.32. The molecule has 0 radical (unpaired) electrons. The van der Waals surface area contributed by atoms with E-state index < -0.39 is 5.97 Å². The summed E-state index contributed by atoms with van der Waals surface area (Å²) in [6.07, 6.45) is 8.79. The van der Waals surface area contributed by atoms with E-state index in [9.17, 15) is 19.5 Å². The normalized spacial score (nSPS) is 43.1. The minimum absolute atomic E-state index is 0.0702. The van der Waals surface area contributed by atoms with E-state index in [1.165, 1.54) is 20.0 Å². The van der Waals surface area contributed by atoms with E-state index in [2.05, 4.69) is 30.8 Å². The highest BCUT2D eigenvalue weighted by molar-refractivity contribution is 5.81. The highest BCUT2D eigenvalue weighted by Gasteiger charge is 2.62. The predicted octanol–water partition coefficient (Wildman–Crippen LogP) is 3.89. The molecular formula is C27H43NO5. The van der Waals surface area contributed by atoms with Crippen molar-refractivity contribution in [1.82, 2.24) is 5.32 Å². The zero-order chi connectivity index (χ0) is 24.0. The van der Waals surface area contributed by atoms with Gasteiger partial charge in [0, 0.05) is 19.3 Å². The first-order chi connectivity index (χ1) is 15.6. The average molecular weight is 462 g/mol. The monoisotopic (exact) mass is 461 g/mol. The smallest absolute Gasteiger partial charge is 0.325 e. The number of rotatable bonds is 6. The number of carbonyl (C=O) groups excluding carboxylic acids is 3. The highest BCUT2D eigenvalue weighted by Crippen LogP contribution is 2.68. The zero-order valence-corrected chi connectivity index (χ0v) is 20.9. The molecule has 4 aliphatic carbocycles. The fourth-order valence-electron chi connectivity index (χ4n) is 8.88. The summed E-state index contributed by atoms with van der Waals surface area (Å²) in [5.74, 6) is 2.59. The van der Waals surface area contributed by atoms with Gasteiger partial charge < -0.3 is 15.2 Å². The number of ether oxygens (including phenoxy) is 1. The second-order valence-electron chi connectivity index (χ2n) is 12.1. The Morgan fingerprint density at radius 1 is 1.15 bits per heavy atom. The average Bonchev–Trinajstić information content (AvgIpc) is 3.14. The molecule has 0 unspecified atom stereocenters. The van der Waals surface area contributed by atoms with Crippen LogP contribution in [0.5, 0.6) is 0 Å². The van der Waals surface area contributed by atoms with Crippen LogP contribution < -0.4 is 5.32 Å². The summed E-state index contributed by atoms with van der Waals surface area (Å²) < 4.78 is 4.59. The first-order valence-corrected chi connectivity index (χ1v) is 13.1. The Balaban J connectivity index is 1.42. The quantitative estimate of drug-likeness (QED) is 0.586. The first-order valence-electron chi connectivity index (χ1n) is 13.1. The fourth-order valence-corrected chi connectivity index (χ4v) is 8.88. The third-order valence-corrected chi connectivity index (χ3v) is 10.7. The van der Waals surface area contributed by atoms with Crippen LogP contribution in [0.3, 0.4) is 0 Å². The molecule has 6 nitrogen and oxygen atoms in total. The van der Waals surface area contributed by atoms with Crippen molar-refractivity contribution in [2.45, 2.75) is 91.1 Å². The van der Waals surface area contributed by atoms with E-state index >= 15 is 0 Å². The maximum Gasteiger partial charge on any atom is 0.325 e. The van der Waals surface area contributed by atoms with Gasteiger partial charge in [0.1, 0.15) is 12.3 Å². The van der Waals surface area contributed by atoms with Gasteiger partial charge in [0.25, 0.3) is 0 Å². The van der Waals surface area contributed by atoms with E-state index in [4.69, 9.17) is 0 Å². The topological polar surface area (TPSA) is 92.7 Å². The number of Topliss-reactive ketones (excluding diaryl/α,β-unsaturated/α-hetero) is 1. The van der Waals surface area contributed by atoms with Crippen LogP contribution in [0, 0.1) is 46.3 Å². The number of methoxy groups -OCH3 is 1. The number of amides is 1. The van der Waals surface area contributed by atoms with Gasteiger partial charge in [0.15, 0.2) is 0 Å². The maximum atomic E-state index is 12.2. The Bertz CT molecular complexity index is 782. The number of aliphatic hydroxyl groups excluding tert-OH is 1. The number of nitrogens with one attached hydrogen (secondary N) is 1. The summed E-state index contributed by atoms with van der Waals surface area (Å²) in [5, 5.41) is 14.0. The molecule has 9 atom stereocenters. The Hall–Kier alpha value is -1.43. The Morgan fingerprint density at radius 2 is 1.88 bits per heavy atom. The molecule has 4 rings (SSSR count). The van der Waals surface area contributed by atoms with Gasteiger partial charge in [-0.25, -0.2) is 0 Å². The molecule has 0 spiro atoms. The molecular weight excluding hydrogens is 418 g/mol. The molecule has 0 aromatic rings. The molecule has 33 heavy (non-hydrogen) atoms. The summed E-state index contributed by atoms with van der Waals surface area (Å²) in [6, 6.07) is 0. The second-order valence-corrected chi connectivity index (χ2v) is 12.1. The van der Waals surface area contributed by atoms with Crippen LogP contribution in [0.15, 0.2) is 0 Å². The molecule has 0 aliphatic heterocycles. The fraction of sp³-hybridized carbons (Fsp3) is 0.889. The largest absolute Gasteiger partial charge is 0.468 e. The van der Waals surface area contributed by atoms with Crippen LogP contribution in [0.25, 0.3) is 0 Å². The van der Waals surface area contributed by atoms with Crippen LogP contribution >= 0.6 is 0 Å². The van der Waals surface area contributed by atoms with E-state index in [1.807, 2.05) is 0 Å². The third kappa shape index (κ3) is 4.37. The number of ketones is 1. The predicted molar refractivity (Wildman–Crippen MR) is 125 cm³/mol. The van der Waals surface area contributed by atoms with E-state index in [1.54, 1.807) is 0 Å². The number of aliphatic hydroxyl groups is 1. The van der Waals surface area contributed by atoms with Gasteiger partial charge in [-0.15, -0.1) is 0 Å². The van der Waals surface area contributed by atoms with Crippen molar-refractivity contribution < 1.29 is 24.2 Å². The maximum absolute atomic E-state index is 12.2. The SMILES string of the molecule is COC(=O)CNC(=O)CC[C@@H](C)[C@H]1CC[C@H]2[C@@H]3[C@H](O)C[C@@H]4CC(=O)CC[C@]4(C)[C@H]3CC[C@]12C. The summed E-state index contributed by atoms with van der Waals surface area (Å²) >= 11 is 0. The highest BCUT2D eigenvalue weighted by atomic mass is 16.5. The standard InChI is InChI=1S/C27H43NO5/c1-16(5-8-23(31)28-15-24(32)33-4)19-6-7-20-25-21(10-12-27(19,20)3)26(2)11-9-18(29)13-17(26)14-22(25)30/h16-17,19-22,25,30H,5-15H2,1-4H3,(H,28,31)/t16-,17+,19-,20+,21+,22-,25+,26+,27-/m1/s1. The molecule has 6 heteroatoms. The first kappa shape index (κ1) is 24.7. The Labute approximate surface area is 198 Å². The van der Waals surface area contributed by atoms with E-state index in [-0.39, 0.29) is 29.4 Å². The summed E-state index contributed by atoms with van der Waals surface area (Å²) in [4.78, 5) is 35.6. The van der Waals surface area contributed by atoms with Crippen molar-refractivity contribution in [3.8, 4) is 0 Å². The molecule has 186 valence electrons. The lowest BCUT2D eigenvalue weighted by molar-refractivity contribution is -0.168. The van der Waals surface area contributed by atoms with Gasteiger partial charge in [-0.3, -0.25) is 14.4 Å². The second kappa shape index (κ2) is 9.31. The van der Waals surface area contributed by atoms with E-state index in [0.29, 0.717) is 60.6 Å². The Morgan fingerprint density at radius 3 is 2.61 bits per heavy atom. The molecule has 0 heterocycles. The van der Waals surface area contributed by atoms with Gasteiger partial charge in [0.05, 0.1) is 13.2 Å². The molecule has 0 saturated heterocycles. The summed E-state index contributed by atoms with van der Waals surface area (Å²) in [5.41, 5.74) is 0.401. The van der Waals surface area contributed by atoms with Crippen LogP contribution in [-0.4, -0.2) is 42.5 Å². The lowest BCUT2D eigenvalue weighted by Gasteiger charge is -2.62. The molecule has 4 aliphatic rings. The van der Waals surface area contributed by atoms with Crippen molar-refractivity contribution in [2.75, 3.05) is 13.7 Å². The van der Waals surface area contributed by atoms with Crippen LogP contribution in [0.4, 0.5) is 0 Å². The molecule has 2 N–H and O–H groups in total.